The number of ether oxygens (including phenoxy) is 1. The van der Waals surface area contributed by atoms with Crippen LogP contribution in [0.15, 0.2) is 67.3 Å². The SMILES string of the molecule is c1ccc(-c2ccc(Oc3ncnc4c3ncn4C3CC3)cc2)cc1. The van der Waals surface area contributed by atoms with Crippen LogP contribution in [0.2, 0.25) is 0 Å². The van der Waals surface area contributed by atoms with E-state index in [9.17, 15) is 0 Å². The van der Waals surface area contributed by atoms with Crippen molar-refractivity contribution < 1.29 is 4.74 Å². The van der Waals surface area contributed by atoms with Crippen LogP contribution in [0, 0.1) is 0 Å². The maximum absolute atomic E-state index is 5.97. The molecule has 5 nitrogen and oxygen atoms in total. The maximum Gasteiger partial charge on any atom is 0.250 e. The first-order valence-electron chi connectivity index (χ1n) is 8.39. The van der Waals surface area contributed by atoms with Gasteiger partial charge in [-0.3, -0.25) is 0 Å². The highest BCUT2D eigenvalue weighted by atomic mass is 16.5. The molecule has 0 saturated heterocycles. The Balaban J connectivity index is 1.45. The van der Waals surface area contributed by atoms with Crippen molar-refractivity contribution >= 4 is 11.2 Å². The van der Waals surface area contributed by atoms with Crippen molar-refractivity contribution in [2.75, 3.05) is 0 Å². The number of imidazole rings is 1. The molecule has 2 heterocycles. The van der Waals surface area contributed by atoms with Crippen molar-refractivity contribution in [1.29, 1.82) is 0 Å². The van der Waals surface area contributed by atoms with Gasteiger partial charge in [-0.15, -0.1) is 0 Å². The van der Waals surface area contributed by atoms with Crippen LogP contribution in [0.1, 0.15) is 18.9 Å². The number of fused-ring (bicyclic) bond motifs is 1. The third-order valence-corrected chi connectivity index (χ3v) is 4.44. The largest absolute Gasteiger partial charge is 0.437 e. The van der Waals surface area contributed by atoms with Crippen LogP contribution in [0.3, 0.4) is 0 Å². The Morgan fingerprint density at radius 3 is 2.36 bits per heavy atom. The Morgan fingerprint density at radius 1 is 0.840 bits per heavy atom. The summed E-state index contributed by atoms with van der Waals surface area (Å²) in [6.07, 6.45) is 5.75. The van der Waals surface area contributed by atoms with E-state index in [-0.39, 0.29) is 0 Å². The fourth-order valence-electron chi connectivity index (χ4n) is 2.98. The molecule has 1 fully saturated rings. The minimum Gasteiger partial charge on any atom is -0.437 e. The highest BCUT2D eigenvalue weighted by Gasteiger charge is 2.26. The van der Waals surface area contributed by atoms with Gasteiger partial charge in [0.15, 0.2) is 11.2 Å². The summed E-state index contributed by atoms with van der Waals surface area (Å²) in [5.41, 5.74) is 3.88. The van der Waals surface area contributed by atoms with Crippen molar-refractivity contribution in [3.8, 4) is 22.8 Å². The van der Waals surface area contributed by atoms with Gasteiger partial charge in [0.1, 0.15) is 12.1 Å². The van der Waals surface area contributed by atoms with Gasteiger partial charge in [0.05, 0.1) is 6.33 Å². The van der Waals surface area contributed by atoms with Crippen LogP contribution in [0.5, 0.6) is 11.6 Å². The molecule has 2 aromatic heterocycles. The lowest BCUT2D eigenvalue weighted by molar-refractivity contribution is 0.467. The van der Waals surface area contributed by atoms with E-state index in [0.29, 0.717) is 17.4 Å². The first kappa shape index (κ1) is 14.2. The zero-order valence-electron chi connectivity index (χ0n) is 13.5. The van der Waals surface area contributed by atoms with E-state index in [2.05, 4.69) is 31.7 Å². The molecule has 0 radical (unpaired) electrons. The van der Waals surface area contributed by atoms with E-state index < -0.39 is 0 Å². The smallest absolute Gasteiger partial charge is 0.250 e. The first-order chi connectivity index (χ1) is 12.4. The Morgan fingerprint density at radius 2 is 1.60 bits per heavy atom. The Bertz CT molecular complexity index is 1020. The molecular formula is C20H16N4O. The van der Waals surface area contributed by atoms with Crippen molar-refractivity contribution in [3.05, 3.63) is 67.3 Å². The van der Waals surface area contributed by atoms with Gasteiger partial charge in [0.25, 0.3) is 5.88 Å². The van der Waals surface area contributed by atoms with Crippen LogP contribution in [-0.4, -0.2) is 19.5 Å². The number of hydrogen-bond donors (Lipinski definition) is 0. The summed E-state index contributed by atoms with van der Waals surface area (Å²) in [4.78, 5) is 13.1. The standard InChI is InChI=1S/C20H16N4O/c1-2-4-14(5-3-1)15-6-10-17(11-7-15)25-20-18-19(21-12-22-20)24(13-23-18)16-8-9-16/h1-7,10-13,16H,8-9H2. The average molecular weight is 328 g/mol. The van der Waals surface area contributed by atoms with Gasteiger partial charge in [-0.25, -0.2) is 9.97 Å². The molecule has 5 rings (SSSR count). The molecule has 25 heavy (non-hydrogen) atoms. The molecule has 1 aliphatic rings. The molecule has 0 spiro atoms. The predicted molar refractivity (Wildman–Crippen MR) is 95.5 cm³/mol. The highest BCUT2D eigenvalue weighted by Crippen LogP contribution is 2.38. The van der Waals surface area contributed by atoms with E-state index in [1.54, 1.807) is 0 Å². The summed E-state index contributed by atoms with van der Waals surface area (Å²) >= 11 is 0. The first-order valence-corrected chi connectivity index (χ1v) is 8.39. The molecule has 0 bridgehead atoms. The minimum absolute atomic E-state index is 0.497. The lowest BCUT2D eigenvalue weighted by Crippen LogP contribution is -1.95. The number of rotatable bonds is 4. The number of aromatic nitrogens is 4. The average Bonchev–Trinajstić information content (AvgIpc) is 3.42. The Labute approximate surface area is 145 Å². The van der Waals surface area contributed by atoms with E-state index in [0.717, 1.165) is 17.0 Å². The quantitative estimate of drug-likeness (QED) is 0.548. The van der Waals surface area contributed by atoms with Crippen molar-refractivity contribution in [2.45, 2.75) is 18.9 Å². The molecule has 0 atom stereocenters. The molecule has 0 N–H and O–H groups in total. The second kappa shape index (κ2) is 5.70. The van der Waals surface area contributed by atoms with Gasteiger partial charge in [0, 0.05) is 6.04 Å². The van der Waals surface area contributed by atoms with Crippen molar-refractivity contribution in [2.24, 2.45) is 0 Å². The van der Waals surface area contributed by atoms with Gasteiger partial charge in [-0.2, -0.15) is 4.98 Å². The molecule has 5 heteroatoms. The topological polar surface area (TPSA) is 52.8 Å². The zero-order chi connectivity index (χ0) is 16.6. The lowest BCUT2D eigenvalue weighted by atomic mass is 10.1. The molecule has 0 amide bonds. The second-order valence-electron chi connectivity index (χ2n) is 6.23. The highest BCUT2D eigenvalue weighted by molar-refractivity contribution is 5.76. The van der Waals surface area contributed by atoms with Crippen LogP contribution in [-0.2, 0) is 0 Å². The third kappa shape index (κ3) is 2.63. The number of hydrogen-bond acceptors (Lipinski definition) is 4. The summed E-state index contributed by atoms with van der Waals surface area (Å²) in [7, 11) is 0. The van der Waals surface area contributed by atoms with E-state index in [1.165, 1.54) is 24.7 Å². The van der Waals surface area contributed by atoms with E-state index >= 15 is 0 Å². The summed E-state index contributed by atoms with van der Waals surface area (Å²) in [6, 6.07) is 18.8. The fourth-order valence-corrected chi connectivity index (χ4v) is 2.98. The van der Waals surface area contributed by atoms with Gasteiger partial charge in [-0.1, -0.05) is 42.5 Å². The summed E-state index contributed by atoms with van der Waals surface area (Å²) in [6.45, 7) is 0. The van der Waals surface area contributed by atoms with Crippen LogP contribution in [0.25, 0.3) is 22.3 Å². The summed E-state index contributed by atoms with van der Waals surface area (Å²) in [5, 5.41) is 0. The molecule has 1 aliphatic carbocycles. The van der Waals surface area contributed by atoms with Gasteiger partial charge >= 0.3 is 0 Å². The van der Waals surface area contributed by atoms with E-state index in [4.69, 9.17) is 4.74 Å². The number of nitrogens with zero attached hydrogens (tertiary/aromatic N) is 4. The summed E-state index contributed by atoms with van der Waals surface area (Å²) in [5.74, 6) is 1.23. The Hall–Kier alpha value is -3.21. The molecule has 0 aliphatic heterocycles. The minimum atomic E-state index is 0.497. The fraction of sp³-hybridized carbons (Fsp3) is 0.150. The molecule has 4 aromatic rings. The van der Waals surface area contributed by atoms with Crippen molar-refractivity contribution in [1.82, 2.24) is 19.5 Å². The van der Waals surface area contributed by atoms with Gasteiger partial charge in [-0.05, 0) is 36.1 Å². The molecule has 1 saturated carbocycles. The van der Waals surface area contributed by atoms with Gasteiger partial charge < -0.3 is 9.30 Å². The van der Waals surface area contributed by atoms with Crippen LogP contribution < -0.4 is 4.74 Å². The van der Waals surface area contributed by atoms with Crippen molar-refractivity contribution in [3.63, 3.8) is 0 Å². The third-order valence-electron chi connectivity index (χ3n) is 4.44. The lowest BCUT2D eigenvalue weighted by Gasteiger charge is -2.07. The Kier molecular flexibility index (Phi) is 3.23. The number of benzene rings is 2. The second-order valence-corrected chi connectivity index (χ2v) is 6.23. The van der Waals surface area contributed by atoms with Crippen LogP contribution >= 0.6 is 0 Å². The zero-order valence-corrected chi connectivity index (χ0v) is 13.5. The normalized spacial score (nSPS) is 13.9. The van der Waals surface area contributed by atoms with Crippen LogP contribution in [0.4, 0.5) is 0 Å². The molecular weight excluding hydrogens is 312 g/mol. The predicted octanol–water partition coefficient (Wildman–Crippen LogP) is 4.62. The molecule has 2 aromatic carbocycles. The molecule has 122 valence electrons. The van der Waals surface area contributed by atoms with E-state index in [1.807, 2.05) is 48.8 Å². The maximum atomic E-state index is 5.97. The monoisotopic (exact) mass is 328 g/mol. The van der Waals surface area contributed by atoms with Gasteiger partial charge in [0.2, 0.25) is 0 Å². The molecule has 0 unspecified atom stereocenters. The summed E-state index contributed by atoms with van der Waals surface area (Å²) < 4.78 is 8.08.